The Morgan fingerprint density at radius 3 is 2.56 bits per heavy atom. The maximum atomic E-state index is 12.6. The molecule has 0 aliphatic heterocycles. The minimum absolute atomic E-state index is 0.212. The van der Waals surface area contributed by atoms with E-state index in [0.717, 1.165) is 10.6 Å². The Hall–Kier alpha value is -3.31. The molecule has 0 saturated carbocycles. The Labute approximate surface area is 161 Å². The number of carbonyl (C=O) groups excluding carboxylic acids is 1. The van der Waals surface area contributed by atoms with Gasteiger partial charge in [-0.3, -0.25) is 4.79 Å². The van der Waals surface area contributed by atoms with Gasteiger partial charge in [0.2, 0.25) is 0 Å². The van der Waals surface area contributed by atoms with E-state index < -0.39 is 0 Å². The van der Waals surface area contributed by atoms with E-state index in [9.17, 15) is 4.79 Å². The smallest absolute Gasteiger partial charge is 0.255 e. The predicted octanol–water partition coefficient (Wildman–Crippen LogP) is 5.73. The molecule has 4 rings (SSSR count). The molecule has 4 aromatic rings. The van der Waals surface area contributed by atoms with Crippen molar-refractivity contribution in [3.05, 3.63) is 95.6 Å². The predicted molar refractivity (Wildman–Crippen MR) is 106 cm³/mol. The summed E-state index contributed by atoms with van der Waals surface area (Å²) in [6, 6.07) is 24.4. The van der Waals surface area contributed by atoms with Gasteiger partial charge in [0.15, 0.2) is 0 Å². The molecule has 2 aromatic carbocycles. The van der Waals surface area contributed by atoms with Gasteiger partial charge in [-0.2, -0.15) is 0 Å². The molecule has 0 spiro atoms. The van der Waals surface area contributed by atoms with Gasteiger partial charge in [-0.25, -0.2) is 0 Å². The summed E-state index contributed by atoms with van der Waals surface area (Å²) in [4.78, 5) is 13.7. The molecule has 5 heteroatoms. The first-order chi connectivity index (χ1) is 13.3. The SMILES string of the molecule is O=C(NCc1ccc(-c2cccs2)o1)c1ccccc1Oc1ccccc1. The molecule has 0 atom stereocenters. The van der Waals surface area contributed by atoms with E-state index in [4.69, 9.17) is 9.15 Å². The van der Waals surface area contributed by atoms with Crippen molar-refractivity contribution in [3.63, 3.8) is 0 Å². The third-order valence-electron chi connectivity index (χ3n) is 3.95. The molecule has 0 unspecified atom stereocenters. The highest BCUT2D eigenvalue weighted by Crippen LogP contribution is 2.27. The van der Waals surface area contributed by atoms with Crippen LogP contribution in [0.5, 0.6) is 11.5 Å². The largest absolute Gasteiger partial charge is 0.458 e. The van der Waals surface area contributed by atoms with Crippen LogP contribution in [0, 0.1) is 0 Å². The van der Waals surface area contributed by atoms with Crippen molar-refractivity contribution in [2.24, 2.45) is 0 Å². The number of ether oxygens (including phenoxy) is 1. The van der Waals surface area contributed by atoms with Crippen molar-refractivity contribution < 1.29 is 13.9 Å². The molecule has 1 N–H and O–H groups in total. The summed E-state index contributed by atoms with van der Waals surface area (Å²) >= 11 is 1.62. The van der Waals surface area contributed by atoms with E-state index in [1.165, 1.54) is 0 Å². The molecule has 0 aliphatic carbocycles. The molecule has 1 amide bonds. The Balaban J connectivity index is 1.44. The third kappa shape index (κ3) is 4.10. The zero-order valence-corrected chi connectivity index (χ0v) is 15.2. The lowest BCUT2D eigenvalue weighted by Gasteiger charge is -2.11. The fraction of sp³-hybridized carbons (Fsp3) is 0.0455. The minimum atomic E-state index is -0.212. The Morgan fingerprint density at radius 2 is 1.74 bits per heavy atom. The van der Waals surface area contributed by atoms with Crippen molar-refractivity contribution >= 4 is 17.2 Å². The molecule has 134 valence electrons. The van der Waals surface area contributed by atoms with Crippen LogP contribution in [0.2, 0.25) is 0 Å². The van der Waals surface area contributed by atoms with E-state index in [-0.39, 0.29) is 5.91 Å². The van der Waals surface area contributed by atoms with Crippen molar-refractivity contribution in [3.8, 4) is 22.1 Å². The van der Waals surface area contributed by atoms with Crippen LogP contribution in [-0.2, 0) is 6.54 Å². The lowest BCUT2D eigenvalue weighted by Crippen LogP contribution is -2.23. The maximum absolute atomic E-state index is 12.6. The number of amides is 1. The highest BCUT2D eigenvalue weighted by molar-refractivity contribution is 7.13. The molecule has 0 saturated heterocycles. The lowest BCUT2D eigenvalue weighted by atomic mass is 10.2. The second-order valence-electron chi connectivity index (χ2n) is 5.84. The van der Waals surface area contributed by atoms with Gasteiger partial charge in [0.1, 0.15) is 23.0 Å². The van der Waals surface area contributed by atoms with Crippen molar-refractivity contribution in [2.75, 3.05) is 0 Å². The molecule has 0 radical (unpaired) electrons. The van der Waals surface area contributed by atoms with Gasteiger partial charge < -0.3 is 14.5 Å². The summed E-state index contributed by atoms with van der Waals surface area (Å²) in [5.74, 6) is 2.50. The Morgan fingerprint density at radius 1 is 0.926 bits per heavy atom. The number of nitrogens with one attached hydrogen (secondary N) is 1. The highest BCUT2D eigenvalue weighted by atomic mass is 32.1. The zero-order chi connectivity index (χ0) is 18.5. The van der Waals surface area contributed by atoms with Crippen molar-refractivity contribution in [1.29, 1.82) is 0 Å². The topological polar surface area (TPSA) is 51.5 Å². The average Bonchev–Trinajstić information content (AvgIpc) is 3.39. The Bertz CT molecular complexity index is 1020. The molecule has 0 bridgehead atoms. The minimum Gasteiger partial charge on any atom is -0.458 e. The van der Waals surface area contributed by atoms with Crippen molar-refractivity contribution in [1.82, 2.24) is 5.32 Å². The average molecular weight is 375 g/mol. The highest BCUT2D eigenvalue weighted by Gasteiger charge is 2.13. The van der Waals surface area contributed by atoms with Crippen LogP contribution >= 0.6 is 11.3 Å². The van der Waals surface area contributed by atoms with Gasteiger partial charge in [0.25, 0.3) is 5.91 Å². The number of carbonyl (C=O) groups is 1. The number of hydrogen-bond donors (Lipinski definition) is 1. The van der Waals surface area contributed by atoms with Gasteiger partial charge in [0, 0.05) is 0 Å². The monoisotopic (exact) mass is 375 g/mol. The molecule has 0 aliphatic rings. The fourth-order valence-electron chi connectivity index (χ4n) is 2.65. The van der Waals surface area contributed by atoms with Crippen LogP contribution in [0.3, 0.4) is 0 Å². The fourth-order valence-corrected chi connectivity index (χ4v) is 3.33. The van der Waals surface area contributed by atoms with Crippen LogP contribution in [0.1, 0.15) is 16.1 Å². The summed E-state index contributed by atoms with van der Waals surface area (Å²) < 4.78 is 11.7. The number of hydrogen-bond acceptors (Lipinski definition) is 4. The van der Waals surface area contributed by atoms with Crippen LogP contribution < -0.4 is 10.1 Å². The van der Waals surface area contributed by atoms with Gasteiger partial charge in [-0.1, -0.05) is 36.4 Å². The normalized spacial score (nSPS) is 10.5. The van der Waals surface area contributed by atoms with Crippen molar-refractivity contribution in [2.45, 2.75) is 6.54 Å². The number of thiophene rings is 1. The summed E-state index contributed by atoms with van der Waals surface area (Å²) in [6.07, 6.45) is 0. The first-order valence-corrected chi connectivity index (χ1v) is 9.40. The third-order valence-corrected chi connectivity index (χ3v) is 4.84. The van der Waals surface area contributed by atoms with Gasteiger partial charge in [-0.15, -0.1) is 11.3 Å². The van der Waals surface area contributed by atoms with E-state index in [1.807, 2.05) is 72.1 Å². The van der Waals surface area contributed by atoms with Crippen LogP contribution in [0.4, 0.5) is 0 Å². The van der Waals surface area contributed by atoms with E-state index in [1.54, 1.807) is 23.5 Å². The molecule has 4 nitrogen and oxygen atoms in total. The second-order valence-corrected chi connectivity index (χ2v) is 6.78. The number of rotatable bonds is 6. The molecule has 2 heterocycles. The van der Waals surface area contributed by atoms with Gasteiger partial charge >= 0.3 is 0 Å². The Kier molecular flexibility index (Phi) is 5.03. The summed E-state index contributed by atoms with van der Waals surface area (Å²) in [5.41, 5.74) is 0.478. The summed E-state index contributed by atoms with van der Waals surface area (Å²) in [7, 11) is 0. The molecule has 0 fully saturated rings. The number of benzene rings is 2. The number of para-hydroxylation sites is 2. The lowest BCUT2D eigenvalue weighted by molar-refractivity contribution is 0.0946. The standard InChI is InChI=1S/C22H17NO3S/c24-22(23-15-17-12-13-20(26-17)21-11-6-14-27-21)18-9-4-5-10-19(18)25-16-7-2-1-3-8-16/h1-14H,15H2,(H,23,24). The summed E-state index contributed by atoms with van der Waals surface area (Å²) in [5, 5.41) is 4.89. The molecular formula is C22H17NO3S. The second kappa shape index (κ2) is 7.93. The van der Waals surface area contributed by atoms with E-state index in [0.29, 0.717) is 29.4 Å². The number of furan rings is 1. The van der Waals surface area contributed by atoms with Crippen LogP contribution in [0.25, 0.3) is 10.6 Å². The van der Waals surface area contributed by atoms with Crippen LogP contribution in [-0.4, -0.2) is 5.91 Å². The molecular weight excluding hydrogens is 358 g/mol. The van der Waals surface area contributed by atoms with Gasteiger partial charge in [0.05, 0.1) is 17.0 Å². The summed E-state index contributed by atoms with van der Waals surface area (Å²) in [6.45, 7) is 0.309. The molecule has 27 heavy (non-hydrogen) atoms. The first-order valence-electron chi connectivity index (χ1n) is 8.52. The quantitative estimate of drug-likeness (QED) is 0.468. The van der Waals surface area contributed by atoms with E-state index >= 15 is 0 Å². The van der Waals surface area contributed by atoms with E-state index in [2.05, 4.69) is 5.32 Å². The molecule has 2 aromatic heterocycles. The van der Waals surface area contributed by atoms with Crippen LogP contribution in [0.15, 0.2) is 88.7 Å². The first kappa shape index (κ1) is 17.1. The van der Waals surface area contributed by atoms with Gasteiger partial charge in [-0.05, 0) is 47.8 Å². The zero-order valence-electron chi connectivity index (χ0n) is 14.4. The maximum Gasteiger partial charge on any atom is 0.255 e.